The molecule has 1 aliphatic carbocycles. The molecular formula is C22H20F3NO4. The molecule has 0 N–H and O–H groups in total. The van der Waals surface area contributed by atoms with E-state index < -0.39 is 29.7 Å². The van der Waals surface area contributed by atoms with Gasteiger partial charge in [0.05, 0.1) is 29.2 Å². The molecule has 1 aromatic carbocycles. The fraction of sp³-hybridized carbons (Fsp3) is 0.364. The first-order valence-corrected chi connectivity index (χ1v) is 9.81. The molecule has 2 aliphatic rings. The second kappa shape index (κ2) is 8.10. The Labute approximate surface area is 171 Å². The van der Waals surface area contributed by atoms with E-state index >= 15 is 0 Å². The van der Waals surface area contributed by atoms with Crippen molar-refractivity contribution in [3.8, 4) is 0 Å². The van der Waals surface area contributed by atoms with Crippen LogP contribution in [0, 0.1) is 0 Å². The minimum Gasteiger partial charge on any atom is -0.465 e. The van der Waals surface area contributed by atoms with Gasteiger partial charge in [0.1, 0.15) is 5.76 Å². The normalized spacial score (nSPS) is 22.3. The van der Waals surface area contributed by atoms with Crippen molar-refractivity contribution < 1.29 is 31.9 Å². The van der Waals surface area contributed by atoms with Crippen molar-refractivity contribution in [3.05, 3.63) is 59.6 Å². The van der Waals surface area contributed by atoms with E-state index in [0.29, 0.717) is 5.76 Å². The van der Waals surface area contributed by atoms with Gasteiger partial charge in [-0.2, -0.15) is 13.2 Å². The number of imide groups is 1. The lowest BCUT2D eigenvalue weighted by molar-refractivity contribution is -0.137. The summed E-state index contributed by atoms with van der Waals surface area (Å²) >= 11 is 0. The number of hydrogen-bond donors (Lipinski definition) is 0. The van der Waals surface area contributed by atoms with Crippen LogP contribution in [0.4, 0.5) is 18.9 Å². The molecule has 1 aromatic heterocycles. The number of carbonyl (C=O) groups is 2. The minimum absolute atomic E-state index is 0.0677. The second-order valence-electron chi connectivity index (χ2n) is 7.41. The highest BCUT2D eigenvalue weighted by Gasteiger charge is 2.46. The highest BCUT2D eigenvalue weighted by molar-refractivity contribution is 6.31. The Morgan fingerprint density at radius 1 is 1.03 bits per heavy atom. The molecule has 1 saturated carbocycles. The van der Waals surface area contributed by atoms with Crippen LogP contribution in [0.3, 0.4) is 0 Å². The molecule has 1 atom stereocenters. The van der Waals surface area contributed by atoms with Crippen LogP contribution in [0.2, 0.25) is 0 Å². The third-order valence-corrected chi connectivity index (χ3v) is 5.35. The molecule has 1 saturated heterocycles. The molecule has 30 heavy (non-hydrogen) atoms. The third-order valence-electron chi connectivity index (χ3n) is 5.35. The second-order valence-corrected chi connectivity index (χ2v) is 7.41. The fourth-order valence-electron chi connectivity index (χ4n) is 3.82. The number of rotatable bonds is 4. The molecule has 0 bridgehead atoms. The summed E-state index contributed by atoms with van der Waals surface area (Å²) in [7, 11) is 0. The quantitative estimate of drug-likeness (QED) is 0.519. The first-order valence-electron chi connectivity index (χ1n) is 9.81. The smallest absolute Gasteiger partial charge is 0.416 e. The van der Waals surface area contributed by atoms with E-state index in [-0.39, 0.29) is 17.4 Å². The molecule has 158 valence electrons. The van der Waals surface area contributed by atoms with Crippen molar-refractivity contribution >= 4 is 23.6 Å². The van der Waals surface area contributed by atoms with Crippen molar-refractivity contribution in [1.82, 2.24) is 0 Å². The summed E-state index contributed by atoms with van der Waals surface area (Å²) in [6.07, 6.45) is 1.80. The number of amides is 2. The topological polar surface area (TPSA) is 59.8 Å². The van der Waals surface area contributed by atoms with Crippen molar-refractivity contribution in [2.75, 3.05) is 4.90 Å². The van der Waals surface area contributed by atoms with Crippen LogP contribution in [-0.2, 0) is 20.5 Å². The number of benzene rings is 1. The van der Waals surface area contributed by atoms with E-state index in [1.54, 1.807) is 12.1 Å². The fourth-order valence-corrected chi connectivity index (χ4v) is 3.82. The third kappa shape index (κ3) is 4.05. The monoisotopic (exact) mass is 419 g/mol. The van der Waals surface area contributed by atoms with Crippen LogP contribution in [0.25, 0.3) is 6.08 Å². The standard InChI is InChI=1S/C22H20F3NO4/c23-22(24,25)14-8-10-15(11-9-14)26-20(27)18(13-17-7-4-12-29-17)19(21(26)28)30-16-5-2-1-3-6-16/h4,7-13,16,19H,1-3,5-6H2/b18-13+. The van der Waals surface area contributed by atoms with Crippen molar-refractivity contribution in [1.29, 1.82) is 0 Å². The van der Waals surface area contributed by atoms with Gasteiger partial charge in [0.25, 0.3) is 11.8 Å². The molecule has 0 radical (unpaired) electrons. The maximum atomic E-state index is 13.1. The average molecular weight is 419 g/mol. The van der Waals surface area contributed by atoms with Crippen LogP contribution >= 0.6 is 0 Å². The SMILES string of the molecule is O=C1/C(=C/c2ccco2)C(OC2CCCCC2)C(=O)N1c1ccc(C(F)(F)F)cc1. The first kappa shape index (κ1) is 20.4. The Kier molecular flexibility index (Phi) is 5.51. The van der Waals surface area contributed by atoms with Crippen molar-refractivity contribution in [2.45, 2.75) is 50.5 Å². The van der Waals surface area contributed by atoms with Crippen molar-refractivity contribution in [2.24, 2.45) is 0 Å². The van der Waals surface area contributed by atoms with E-state index in [2.05, 4.69) is 0 Å². The van der Waals surface area contributed by atoms with Gasteiger partial charge < -0.3 is 9.15 Å². The Balaban J connectivity index is 1.66. The molecule has 0 spiro atoms. The van der Waals surface area contributed by atoms with Gasteiger partial charge in [0.15, 0.2) is 6.10 Å². The molecule has 1 aliphatic heterocycles. The predicted molar refractivity (Wildman–Crippen MR) is 102 cm³/mol. The number of hydrogen-bond acceptors (Lipinski definition) is 4. The van der Waals surface area contributed by atoms with Crippen molar-refractivity contribution in [3.63, 3.8) is 0 Å². The number of furan rings is 1. The van der Waals surface area contributed by atoms with Gasteiger partial charge in [-0.3, -0.25) is 9.59 Å². The van der Waals surface area contributed by atoms with E-state index in [1.807, 2.05) is 0 Å². The van der Waals surface area contributed by atoms with Crippen LogP contribution < -0.4 is 4.90 Å². The summed E-state index contributed by atoms with van der Waals surface area (Å²) in [5.41, 5.74) is -0.676. The maximum absolute atomic E-state index is 13.1. The number of carbonyl (C=O) groups excluding carboxylic acids is 2. The summed E-state index contributed by atoms with van der Waals surface area (Å²) in [5, 5.41) is 0. The largest absolute Gasteiger partial charge is 0.465 e. The van der Waals surface area contributed by atoms with Gasteiger partial charge in [-0.1, -0.05) is 19.3 Å². The zero-order valence-corrected chi connectivity index (χ0v) is 16.0. The highest BCUT2D eigenvalue weighted by Crippen LogP contribution is 2.35. The molecule has 8 heteroatoms. The Morgan fingerprint density at radius 2 is 1.73 bits per heavy atom. The first-order chi connectivity index (χ1) is 14.3. The summed E-state index contributed by atoms with van der Waals surface area (Å²) in [6.45, 7) is 0. The van der Waals surface area contributed by atoms with Gasteiger partial charge in [-0.15, -0.1) is 0 Å². The molecule has 2 heterocycles. The van der Waals surface area contributed by atoms with Gasteiger partial charge >= 0.3 is 6.18 Å². The van der Waals surface area contributed by atoms with Crippen LogP contribution in [0.15, 0.2) is 52.7 Å². The van der Waals surface area contributed by atoms with E-state index in [9.17, 15) is 22.8 Å². The summed E-state index contributed by atoms with van der Waals surface area (Å²) in [6, 6.07) is 7.22. The summed E-state index contributed by atoms with van der Waals surface area (Å²) in [5.74, 6) is -0.849. The van der Waals surface area contributed by atoms with Gasteiger partial charge in [0.2, 0.25) is 0 Å². The van der Waals surface area contributed by atoms with Gasteiger partial charge in [-0.05, 0) is 55.3 Å². The number of ether oxygens (including phenoxy) is 1. The Bertz CT molecular complexity index is 942. The highest BCUT2D eigenvalue weighted by atomic mass is 19.4. The van der Waals surface area contributed by atoms with E-state index in [1.165, 1.54) is 12.3 Å². The van der Waals surface area contributed by atoms with Crippen LogP contribution in [0.5, 0.6) is 0 Å². The molecule has 5 nitrogen and oxygen atoms in total. The predicted octanol–water partition coefficient (Wildman–Crippen LogP) is 4.97. The number of anilines is 1. The average Bonchev–Trinajstić information content (AvgIpc) is 3.31. The van der Waals surface area contributed by atoms with Gasteiger partial charge in [-0.25, -0.2) is 4.90 Å². The van der Waals surface area contributed by atoms with Gasteiger partial charge in [0, 0.05) is 0 Å². The summed E-state index contributed by atoms with van der Waals surface area (Å²) in [4.78, 5) is 27.0. The van der Waals surface area contributed by atoms with E-state index in [0.717, 1.165) is 61.3 Å². The zero-order valence-electron chi connectivity index (χ0n) is 16.0. The molecule has 2 aromatic rings. The molecule has 1 unspecified atom stereocenters. The van der Waals surface area contributed by atoms with Crippen LogP contribution in [0.1, 0.15) is 43.4 Å². The minimum atomic E-state index is -4.51. The maximum Gasteiger partial charge on any atom is 0.416 e. The molecule has 2 amide bonds. The molecule has 4 rings (SSSR count). The van der Waals surface area contributed by atoms with E-state index in [4.69, 9.17) is 9.15 Å². The Morgan fingerprint density at radius 3 is 2.33 bits per heavy atom. The van der Waals surface area contributed by atoms with Crippen LogP contribution in [-0.4, -0.2) is 24.0 Å². The number of alkyl halides is 3. The lowest BCUT2D eigenvalue weighted by atomic mass is 9.97. The molecule has 2 fully saturated rings. The zero-order chi connectivity index (χ0) is 21.3. The number of nitrogens with zero attached hydrogens (tertiary/aromatic N) is 1. The molecular weight excluding hydrogens is 399 g/mol. The lowest BCUT2D eigenvalue weighted by Crippen LogP contribution is -2.35. The summed E-state index contributed by atoms with van der Waals surface area (Å²) < 4.78 is 49.9. The number of halogens is 3. The lowest BCUT2D eigenvalue weighted by Gasteiger charge is -2.25. The Hall–Kier alpha value is -2.87.